The molecule has 1 aliphatic heterocycles. The van der Waals surface area contributed by atoms with Crippen molar-refractivity contribution in [1.82, 2.24) is 15.1 Å². The molecular weight excluding hydrogens is 402 g/mol. The molecule has 0 unspecified atom stereocenters. The number of rotatable bonds is 5. The van der Waals surface area contributed by atoms with Crippen LogP contribution in [0.3, 0.4) is 0 Å². The summed E-state index contributed by atoms with van der Waals surface area (Å²) in [6.07, 6.45) is 0. The first kappa shape index (κ1) is 21.6. The third kappa shape index (κ3) is 3.73. The fourth-order valence-corrected chi connectivity index (χ4v) is 4.31. The highest BCUT2D eigenvalue weighted by atomic mass is 16.2. The smallest absolute Gasteiger partial charge is 0.325 e. The summed E-state index contributed by atoms with van der Waals surface area (Å²) in [6.45, 7) is 5.84. The van der Waals surface area contributed by atoms with Crippen molar-refractivity contribution in [2.24, 2.45) is 0 Å². The fourth-order valence-electron chi connectivity index (χ4n) is 4.31. The van der Waals surface area contributed by atoms with Crippen LogP contribution in [0, 0.1) is 13.8 Å². The molecule has 0 aromatic heterocycles. The van der Waals surface area contributed by atoms with E-state index in [2.05, 4.69) is 11.4 Å². The van der Waals surface area contributed by atoms with Crippen LogP contribution in [0.4, 0.5) is 4.79 Å². The highest BCUT2D eigenvalue weighted by Crippen LogP contribution is 2.33. The second kappa shape index (κ2) is 8.11. The van der Waals surface area contributed by atoms with Gasteiger partial charge in [0.1, 0.15) is 12.1 Å². The molecule has 3 aromatic carbocycles. The van der Waals surface area contributed by atoms with Gasteiger partial charge in [-0.2, -0.15) is 0 Å². The van der Waals surface area contributed by atoms with Gasteiger partial charge in [0.2, 0.25) is 5.91 Å². The van der Waals surface area contributed by atoms with Crippen LogP contribution in [-0.4, -0.2) is 41.2 Å². The molecular formula is C26H27N3O3. The van der Waals surface area contributed by atoms with Crippen molar-refractivity contribution in [3.63, 3.8) is 0 Å². The van der Waals surface area contributed by atoms with E-state index in [-0.39, 0.29) is 12.5 Å². The number of fused-ring (bicyclic) bond motifs is 1. The van der Waals surface area contributed by atoms with Gasteiger partial charge in [0, 0.05) is 13.6 Å². The highest BCUT2D eigenvalue weighted by molar-refractivity contribution is 6.10. The lowest BCUT2D eigenvalue weighted by Gasteiger charge is -2.25. The SMILES string of the molecule is Cc1ccc(CN(C)C(=O)CN2C(=O)N[C@@](C)(c3cccc4ccccc34)C2=O)c(C)c1. The summed E-state index contributed by atoms with van der Waals surface area (Å²) >= 11 is 0. The number of imide groups is 1. The number of carbonyl (C=O) groups excluding carboxylic acids is 3. The molecule has 1 heterocycles. The number of nitrogens with zero attached hydrogens (tertiary/aromatic N) is 2. The average molecular weight is 430 g/mol. The maximum Gasteiger partial charge on any atom is 0.325 e. The topological polar surface area (TPSA) is 69.7 Å². The number of benzene rings is 3. The second-order valence-electron chi connectivity index (χ2n) is 8.65. The molecule has 1 N–H and O–H groups in total. The Balaban J connectivity index is 1.54. The molecule has 32 heavy (non-hydrogen) atoms. The minimum atomic E-state index is -1.23. The Labute approximate surface area is 187 Å². The molecule has 164 valence electrons. The lowest BCUT2D eigenvalue weighted by Crippen LogP contribution is -2.43. The summed E-state index contributed by atoms with van der Waals surface area (Å²) < 4.78 is 0. The normalized spacial score (nSPS) is 18.2. The van der Waals surface area contributed by atoms with Crippen LogP contribution in [0.5, 0.6) is 0 Å². The Morgan fingerprint density at radius 3 is 2.50 bits per heavy atom. The molecule has 0 radical (unpaired) electrons. The highest BCUT2D eigenvalue weighted by Gasteiger charge is 2.50. The van der Waals surface area contributed by atoms with Crippen molar-refractivity contribution in [1.29, 1.82) is 0 Å². The van der Waals surface area contributed by atoms with Crippen molar-refractivity contribution in [3.05, 3.63) is 82.9 Å². The molecule has 6 nitrogen and oxygen atoms in total. The summed E-state index contributed by atoms with van der Waals surface area (Å²) in [6, 6.07) is 18.9. The average Bonchev–Trinajstić information content (AvgIpc) is 2.98. The molecule has 6 heteroatoms. The Morgan fingerprint density at radius 2 is 1.75 bits per heavy atom. The molecule has 4 amide bonds. The van der Waals surface area contributed by atoms with Crippen molar-refractivity contribution < 1.29 is 14.4 Å². The number of hydrogen-bond donors (Lipinski definition) is 1. The van der Waals surface area contributed by atoms with Crippen LogP contribution in [0.1, 0.15) is 29.2 Å². The number of likely N-dealkylation sites (N-methyl/N-ethyl adjacent to an activating group) is 1. The van der Waals surface area contributed by atoms with E-state index in [1.807, 2.05) is 68.4 Å². The Kier molecular flexibility index (Phi) is 5.46. The molecule has 0 spiro atoms. The largest absolute Gasteiger partial charge is 0.340 e. The zero-order valence-electron chi connectivity index (χ0n) is 18.8. The number of nitrogens with one attached hydrogen (secondary N) is 1. The van der Waals surface area contributed by atoms with Gasteiger partial charge >= 0.3 is 6.03 Å². The van der Waals surface area contributed by atoms with E-state index in [1.54, 1.807) is 18.9 Å². The summed E-state index contributed by atoms with van der Waals surface area (Å²) in [5, 5.41) is 4.69. The maximum atomic E-state index is 13.4. The molecule has 1 fully saturated rings. The third-order valence-corrected chi connectivity index (χ3v) is 6.23. The summed E-state index contributed by atoms with van der Waals surface area (Å²) in [4.78, 5) is 41.6. The lowest BCUT2D eigenvalue weighted by atomic mass is 9.88. The van der Waals surface area contributed by atoms with E-state index in [1.165, 1.54) is 0 Å². The molecule has 0 saturated carbocycles. The summed E-state index contributed by atoms with van der Waals surface area (Å²) in [5.41, 5.74) is 2.77. The van der Waals surface area contributed by atoms with Gasteiger partial charge in [0.05, 0.1) is 0 Å². The van der Waals surface area contributed by atoms with Gasteiger partial charge in [-0.05, 0) is 48.2 Å². The molecule has 0 aliphatic carbocycles. The van der Waals surface area contributed by atoms with Crippen molar-refractivity contribution in [3.8, 4) is 0 Å². The molecule has 4 rings (SSSR count). The zero-order chi connectivity index (χ0) is 23.0. The lowest BCUT2D eigenvalue weighted by molar-refractivity contribution is -0.138. The van der Waals surface area contributed by atoms with E-state index in [9.17, 15) is 14.4 Å². The van der Waals surface area contributed by atoms with Crippen molar-refractivity contribution >= 4 is 28.6 Å². The molecule has 0 bridgehead atoms. The van der Waals surface area contributed by atoms with Gasteiger partial charge in [-0.3, -0.25) is 14.5 Å². The van der Waals surface area contributed by atoms with Crippen LogP contribution < -0.4 is 5.32 Å². The quantitative estimate of drug-likeness (QED) is 0.626. The standard InChI is InChI=1S/C26H27N3O3/c1-17-12-13-20(18(2)14-17)15-28(4)23(30)16-29-24(31)26(3,27-25(29)32)22-11-7-9-19-8-5-6-10-21(19)22/h5-14H,15-16H2,1-4H3,(H,27,32)/t26-/m0/s1. The fraction of sp³-hybridized carbons (Fsp3) is 0.269. The first-order valence-corrected chi connectivity index (χ1v) is 10.6. The minimum Gasteiger partial charge on any atom is -0.340 e. The Bertz CT molecular complexity index is 1230. The van der Waals surface area contributed by atoms with Gasteiger partial charge in [-0.15, -0.1) is 0 Å². The van der Waals surface area contributed by atoms with E-state index < -0.39 is 17.5 Å². The van der Waals surface area contributed by atoms with Gasteiger partial charge < -0.3 is 10.2 Å². The number of hydrogen-bond acceptors (Lipinski definition) is 3. The number of amides is 4. The molecule has 1 aliphatic rings. The van der Waals surface area contributed by atoms with Crippen LogP contribution in [0.15, 0.2) is 60.7 Å². The predicted octanol–water partition coefficient (Wildman–Crippen LogP) is 3.88. The van der Waals surface area contributed by atoms with Gasteiger partial charge in [0.25, 0.3) is 5.91 Å². The minimum absolute atomic E-state index is 0.296. The third-order valence-electron chi connectivity index (χ3n) is 6.23. The number of urea groups is 1. The van der Waals surface area contributed by atoms with Gasteiger partial charge in [0.15, 0.2) is 0 Å². The number of carbonyl (C=O) groups is 3. The van der Waals surface area contributed by atoms with Crippen molar-refractivity contribution in [2.45, 2.75) is 32.9 Å². The maximum absolute atomic E-state index is 13.4. The molecule has 1 atom stereocenters. The summed E-state index contributed by atoms with van der Waals surface area (Å²) in [7, 11) is 1.68. The van der Waals surface area contributed by atoms with Crippen LogP contribution in [-0.2, 0) is 21.7 Å². The first-order valence-electron chi connectivity index (χ1n) is 10.6. The second-order valence-corrected chi connectivity index (χ2v) is 8.65. The molecule has 1 saturated heterocycles. The van der Waals surface area contributed by atoms with Gasteiger partial charge in [-0.25, -0.2) is 4.79 Å². The Hall–Kier alpha value is -3.67. The monoisotopic (exact) mass is 429 g/mol. The van der Waals surface area contributed by atoms with E-state index >= 15 is 0 Å². The van der Waals surface area contributed by atoms with Gasteiger partial charge in [-0.1, -0.05) is 66.2 Å². The first-order chi connectivity index (χ1) is 15.2. The zero-order valence-corrected chi connectivity index (χ0v) is 18.8. The van der Waals surface area contributed by atoms with E-state index in [0.29, 0.717) is 12.1 Å². The summed E-state index contributed by atoms with van der Waals surface area (Å²) in [5.74, 6) is -0.720. The van der Waals surface area contributed by atoms with E-state index in [0.717, 1.165) is 32.4 Å². The van der Waals surface area contributed by atoms with Crippen LogP contribution in [0.2, 0.25) is 0 Å². The van der Waals surface area contributed by atoms with E-state index in [4.69, 9.17) is 0 Å². The predicted molar refractivity (Wildman–Crippen MR) is 124 cm³/mol. The van der Waals surface area contributed by atoms with Crippen molar-refractivity contribution in [2.75, 3.05) is 13.6 Å². The number of aryl methyl sites for hydroxylation is 2. The Morgan fingerprint density at radius 1 is 1.03 bits per heavy atom. The molecule has 3 aromatic rings. The van der Waals surface area contributed by atoms with Crippen LogP contribution in [0.25, 0.3) is 10.8 Å². The van der Waals surface area contributed by atoms with Crippen LogP contribution >= 0.6 is 0 Å².